The summed E-state index contributed by atoms with van der Waals surface area (Å²) in [4.78, 5) is 14.7. The third kappa shape index (κ3) is 2.99. The number of aromatic nitrogens is 1. The second kappa shape index (κ2) is 5.14. The maximum atomic E-state index is 10.8. The van der Waals surface area contributed by atoms with Gasteiger partial charge in [0.25, 0.3) is 0 Å². The average molecular weight is 193 g/mol. The molecule has 1 N–H and O–H groups in total. The summed E-state index contributed by atoms with van der Waals surface area (Å²) < 4.78 is 4.43. The highest BCUT2D eigenvalue weighted by atomic mass is 16.5. The molecular weight excluding hydrogens is 182 g/mol. The van der Waals surface area contributed by atoms with Crippen molar-refractivity contribution in [1.29, 1.82) is 0 Å². The van der Waals surface area contributed by atoms with E-state index in [2.05, 4.69) is 9.72 Å². The van der Waals surface area contributed by atoms with E-state index in [0.29, 0.717) is 5.69 Å². The number of ether oxygens (including phenoxy) is 1. The van der Waals surface area contributed by atoms with E-state index >= 15 is 0 Å². The van der Waals surface area contributed by atoms with Gasteiger partial charge in [0.1, 0.15) is 0 Å². The number of pyridine rings is 1. The van der Waals surface area contributed by atoms with Crippen LogP contribution >= 0.6 is 0 Å². The molecule has 0 unspecified atom stereocenters. The SMILES string of the molecule is COC(=O)C=Cc1cc(CO)ccn1. The molecule has 0 atom stereocenters. The summed E-state index contributed by atoms with van der Waals surface area (Å²) in [5, 5.41) is 8.84. The van der Waals surface area contributed by atoms with Crippen LogP contribution in [0.5, 0.6) is 0 Å². The van der Waals surface area contributed by atoms with Crippen molar-refractivity contribution in [3.8, 4) is 0 Å². The monoisotopic (exact) mass is 193 g/mol. The Morgan fingerprint density at radius 3 is 3.14 bits per heavy atom. The van der Waals surface area contributed by atoms with E-state index in [0.717, 1.165) is 5.56 Å². The van der Waals surface area contributed by atoms with Gasteiger partial charge in [-0.1, -0.05) is 0 Å². The predicted molar refractivity (Wildman–Crippen MR) is 51.2 cm³/mol. The fraction of sp³-hybridized carbons (Fsp3) is 0.200. The molecule has 0 spiro atoms. The van der Waals surface area contributed by atoms with Crippen LogP contribution in [0.15, 0.2) is 24.4 Å². The lowest BCUT2D eigenvalue weighted by Gasteiger charge is -1.96. The van der Waals surface area contributed by atoms with Gasteiger partial charge < -0.3 is 9.84 Å². The molecule has 1 rings (SSSR count). The van der Waals surface area contributed by atoms with Gasteiger partial charge in [0.05, 0.1) is 19.4 Å². The molecule has 0 fully saturated rings. The van der Waals surface area contributed by atoms with Crippen LogP contribution in [0.25, 0.3) is 6.08 Å². The van der Waals surface area contributed by atoms with Gasteiger partial charge in [0.2, 0.25) is 0 Å². The minimum Gasteiger partial charge on any atom is -0.466 e. The van der Waals surface area contributed by atoms with Crippen LogP contribution in [0.4, 0.5) is 0 Å². The highest BCUT2D eigenvalue weighted by Crippen LogP contribution is 2.03. The fourth-order valence-electron chi connectivity index (χ4n) is 0.905. The minimum absolute atomic E-state index is 0.0401. The molecule has 0 amide bonds. The van der Waals surface area contributed by atoms with Crippen molar-refractivity contribution in [2.75, 3.05) is 7.11 Å². The van der Waals surface area contributed by atoms with Crippen molar-refractivity contribution in [2.24, 2.45) is 0 Å². The quantitative estimate of drug-likeness (QED) is 0.568. The third-order valence-electron chi connectivity index (χ3n) is 1.62. The van der Waals surface area contributed by atoms with Crippen molar-refractivity contribution in [3.63, 3.8) is 0 Å². The molecule has 74 valence electrons. The Morgan fingerprint density at radius 2 is 2.50 bits per heavy atom. The van der Waals surface area contributed by atoms with E-state index in [-0.39, 0.29) is 6.61 Å². The van der Waals surface area contributed by atoms with Crippen LogP contribution < -0.4 is 0 Å². The van der Waals surface area contributed by atoms with Crippen molar-refractivity contribution >= 4 is 12.0 Å². The maximum absolute atomic E-state index is 10.8. The number of carbonyl (C=O) groups excluding carboxylic acids is 1. The first-order valence-corrected chi connectivity index (χ1v) is 4.08. The molecule has 14 heavy (non-hydrogen) atoms. The van der Waals surface area contributed by atoms with Crippen LogP contribution in [-0.4, -0.2) is 23.2 Å². The first-order chi connectivity index (χ1) is 6.76. The van der Waals surface area contributed by atoms with Gasteiger partial charge in [-0.05, 0) is 23.8 Å². The van der Waals surface area contributed by atoms with Crippen molar-refractivity contribution < 1.29 is 14.6 Å². The van der Waals surface area contributed by atoms with Crippen LogP contribution in [-0.2, 0) is 16.1 Å². The molecule has 4 heteroatoms. The number of carbonyl (C=O) groups is 1. The first-order valence-electron chi connectivity index (χ1n) is 4.08. The van der Waals surface area contributed by atoms with Gasteiger partial charge in [-0.25, -0.2) is 4.79 Å². The molecule has 0 radical (unpaired) electrons. The van der Waals surface area contributed by atoms with Gasteiger partial charge in [-0.2, -0.15) is 0 Å². The molecule has 0 aromatic carbocycles. The first kappa shape index (κ1) is 10.4. The Morgan fingerprint density at radius 1 is 1.71 bits per heavy atom. The molecule has 0 saturated carbocycles. The highest BCUT2D eigenvalue weighted by Gasteiger charge is 1.94. The number of methoxy groups -OCH3 is 1. The fourth-order valence-corrected chi connectivity index (χ4v) is 0.905. The zero-order chi connectivity index (χ0) is 10.4. The predicted octanol–water partition coefficient (Wildman–Crippen LogP) is 0.760. The average Bonchev–Trinajstić information content (AvgIpc) is 2.26. The van der Waals surface area contributed by atoms with Crippen molar-refractivity contribution in [2.45, 2.75) is 6.61 Å². The number of nitrogens with zero attached hydrogens (tertiary/aromatic N) is 1. The topological polar surface area (TPSA) is 59.4 Å². The summed E-state index contributed by atoms with van der Waals surface area (Å²) in [5.41, 5.74) is 1.37. The van der Waals surface area contributed by atoms with E-state index in [9.17, 15) is 4.79 Å². The maximum Gasteiger partial charge on any atom is 0.330 e. The van der Waals surface area contributed by atoms with E-state index < -0.39 is 5.97 Å². The number of aliphatic hydroxyl groups is 1. The normalized spacial score (nSPS) is 10.4. The molecule has 4 nitrogen and oxygen atoms in total. The Labute approximate surface area is 81.9 Å². The number of aliphatic hydroxyl groups excluding tert-OH is 1. The van der Waals surface area contributed by atoms with Crippen LogP contribution in [0.3, 0.4) is 0 Å². The molecule has 0 saturated heterocycles. The zero-order valence-electron chi connectivity index (χ0n) is 7.80. The molecule has 0 bridgehead atoms. The van der Waals surface area contributed by atoms with E-state index in [1.165, 1.54) is 19.3 Å². The van der Waals surface area contributed by atoms with Gasteiger partial charge >= 0.3 is 5.97 Å². The zero-order valence-corrected chi connectivity index (χ0v) is 7.80. The highest BCUT2D eigenvalue weighted by molar-refractivity contribution is 5.86. The summed E-state index contributed by atoms with van der Waals surface area (Å²) in [7, 11) is 1.31. The minimum atomic E-state index is -0.429. The Bertz CT molecular complexity index is 347. The molecule has 1 heterocycles. The molecule has 1 aromatic rings. The molecular formula is C10H11NO3. The Hall–Kier alpha value is -1.68. The molecule has 1 aromatic heterocycles. The lowest BCUT2D eigenvalue weighted by atomic mass is 10.2. The summed E-state index contributed by atoms with van der Waals surface area (Å²) in [5.74, 6) is -0.429. The van der Waals surface area contributed by atoms with Crippen LogP contribution in [0.2, 0.25) is 0 Å². The number of hydrogen-bond donors (Lipinski definition) is 1. The lowest BCUT2D eigenvalue weighted by molar-refractivity contribution is -0.134. The lowest BCUT2D eigenvalue weighted by Crippen LogP contribution is -1.94. The van der Waals surface area contributed by atoms with Gasteiger partial charge in [0, 0.05) is 12.3 Å². The van der Waals surface area contributed by atoms with E-state index in [1.54, 1.807) is 18.3 Å². The molecule has 0 aliphatic carbocycles. The second-order valence-corrected chi connectivity index (χ2v) is 2.60. The number of esters is 1. The summed E-state index contributed by atoms with van der Waals surface area (Å²) in [6.45, 7) is -0.0401. The summed E-state index contributed by atoms with van der Waals surface area (Å²) in [6.07, 6.45) is 4.39. The molecule has 0 aliphatic heterocycles. The Kier molecular flexibility index (Phi) is 3.82. The summed E-state index contributed by atoms with van der Waals surface area (Å²) >= 11 is 0. The van der Waals surface area contributed by atoms with E-state index in [1.807, 2.05) is 0 Å². The van der Waals surface area contributed by atoms with Gasteiger partial charge in [0.15, 0.2) is 0 Å². The number of rotatable bonds is 3. The second-order valence-electron chi connectivity index (χ2n) is 2.60. The van der Waals surface area contributed by atoms with E-state index in [4.69, 9.17) is 5.11 Å². The van der Waals surface area contributed by atoms with Crippen molar-refractivity contribution in [3.05, 3.63) is 35.7 Å². The third-order valence-corrected chi connectivity index (χ3v) is 1.62. The van der Waals surface area contributed by atoms with Crippen LogP contribution in [0.1, 0.15) is 11.3 Å². The smallest absolute Gasteiger partial charge is 0.330 e. The number of hydrogen-bond acceptors (Lipinski definition) is 4. The standard InChI is InChI=1S/C10H11NO3/c1-14-10(13)3-2-9-6-8(7-12)4-5-11-9/h2-6,12H,7H2,1H3. The summed E-state index contributed by atoms with van der Waals surface area (Å²) in [6, 6.07) is 3.40. The largest absolute Gasteiger partial charge is 0.466 e. The van der Waals surface area contributed by atoms with Crippen molar-refractivity contribution in [1.82, 2.24) is 4.98 Å². The molecule has 0 aliphatic rings. The van der Waals surface area contributed by atoms with Crippen LogP contribution in [0, 0.1) is 0 Å². The Balaban J connectivity index is 2.76. The van der Waals surface area contributed by atoms with Gasteiger partial charge in [-0.15, -0.1) is 0 Å². The van der Waals surface area contributed by atoms with Gasteiger partial charge in [-0.3, -0.25) is 4.98 Å².